The molecule has 6 nitrogen and oxygen atoms in total. The Morgan fingerprint density at radius 2 is 1.85 bits per heavy atom. The predicted molar refractivity (Wildman–Crippen MR) is 93.5 cm³/mol. The first-order chi connectivity index (χ1) is 13.1. The monoisotopic (exact) mass is 362 g/mol. The second kappa shape index (κ2) is 5.34. The summed E-state index contributed by atoms with van der Waals surface area (Å²) in [5.41, 5.74) is -3.26. The molecule has 2 saturated heterocycles. The molecule has 5 aliphatic rings. The van der Waals surface area contributed by atoms with E-state index in [0.29, 0.717) is 18.8 Å². The van der Waals surface area contributed by atoms with Gasteiger partial charge in [-0.2, -0.15) is 15.8 Å². The molecule has 2 saturated carbocycles. The molecule has 3 aliphatic carbocycles. The Kier molecular flexibility index (Phi) is 3.32. The molecule has 138 valence electrons. The van der Waals surface area contributed by atoms with E-state index in [4.69, 9.17) is 14.9 Å². The molecule has 0 aromatic rings. The van der Waals surface area contributed by atoms with Gasteiger partial charge in [0.25, 0.3) is 0 Å². The van der Waals surface area contributed by atoms with Crippen molar-refractivity contribution in [2.24, 2.45) is 34.5 Å². The minimum Gasteiger partial charge on any atom is -0.447 e. The van der Waals surface area contributed by atoms with Gasteiger partial charge in [-0.05, 0) is 43.4 Å². The summed E-state index contributed by atoms with van der Waals surface area (Å²) in [6.45, 7) is 0. The molecule has 0 spiro atoms. The first kappa shape index (κ1) is 16.8. The van der Waals surface area contributed by atoms with E-state index in [1.165, 1.54) is 0 Å². The smallest absolute Gasteiger partial charge is 0.217 e. The van der Waals surface area contributed by atoms with E-state index in [2.05, 4.69) is 30.4 Å². The molecule has 0 aromatic carbocycles. The molecule has 4 bridgehead atoms. The predicted octanol–water partition coefficient (Wildman–Crippen LogP) is 3.43. The summed E-state index contributed by atoms with van der Waals surface area (Å²) in [4.78, 5) is 0. The van der Waals surface area contributed by atoms with Crippen LogP contribution in [0.25, 0.3) is 0 Å². The van der Waals surface area contributed by atoms with Crippen molar-refractivity contribution in [2.45, 2.75) is 56.8 Å². The van der Waals surface area contributed by atoms with Crippen molar-refractivity contribution in [3.05, 3.63) is 12.2 Å². The molecule has 4 fully saturated rings. The Labute approximate surface area is 158 Å². The number of hydrogen-bond acceptors (Lipinski definition) is 6. The highest BCUT2D eigenvalue weighted by Crippen LogP contribution is 2.68. The fraction of sp³-hybridized carbons (Fsp3) is 0.714. The van der Waals surface area contributed by atoms with Crippen molar-refractivity contribution >= 4 is 5.90 Å². The summed E-state index contributed by atoms with van der Waals surface area (Å²) in [5.74, 6) is -0.960. The quantitative estimate of drug-likeness (QED) is 0.718. The van der Waals surface area contributed by atoms with E-state index in [-0.39, 0.29) is 17.7 Å². The van der Waals surface area contributed by atoms with E-state index < -0.39 is 28.6 Å². The van der Waals surface area contributed by atoms with Gasteiger partial charge in [-0.15, -0.1) is 0 Å². The Morgan fingerprint density at radius 1 is 1.04 bits per heavy atom. The average Bonchev–Trinajstić information content (AvgIpc) is 3.30. The molecule has 2 aliphatic heterocycles. The van der Waals surface area contributed by atoms with E-state index >= 15 is 0 Å². The van der Waals surface area contributed by atoms with Crippen LogP contribution in [0.5, 0.6) is 0 Å². The lowest BCUT2D eigenvalue weighted by atomic mass is 9.51. The highest BCUT2D eigenvalue weighted by atomic mass is 16.7. The Hall–Kier alpha value is -2.36. The number of fused-ring (bicyclic) bond motifs is 2. The van der Waals surface area contributed by atoms with Gasteiger partial charge in [-0.25, -0.2) is 0 Å². The second-order valence-electron chi connectivity index (χ2n) is 8.83. The molecule has 5 rings (SSSR count). The summed E-state index contributed by atoms with van der Waals surface area (Å²) in [7, 11) is 0. The zero-order valence-electron chi connectivity index (χ0n) is 15.1. The highest BCUT2D eigenvalue weighted by Gasteiger charge is 2.81. The summed E-state index contributed by atoms with van der Waals surface area (Å²) < 4.78 is 12.6. The number of nitrogens with zero attached hydrogens (tertiary/aromatic N) is 3. The Balaban J connectivity index is 1.72. The largest absolute Gasteiger partial charge is 0.447 e. The van der Waals surface area contributed by atoms with Gasteiger partial charge in [0.1, 0.15) is 0 Å². The fourth-order valence-electron chi connectivity index (χ4n) is 6.64. The van der Waals surface area contributed by atoms with Crippen LogP contribution in [0.15, 0.2) is 12.2 Å². The first-order valence-corrected chi connectivity index (χ1v) is 9.95. The van der Waals surface area contributed by atoms with Crippen molar-refractivity contribution in [3.8, 4) is 18.2 Å². The van der Waals surface area contributed by atoms with Gasteiger partial charge in [0.05, 0.1) is 30.2 Å². The molecule has 0 radical (unpaired) electrons. The van der Waals surface area contributed by atoms with E-state index in [1.54, 1.807) is 0 Å². The molecule has 0 amide bonds. The zero-order chi connectivity index (χ0) is 18.9. The molecular weight excluding hydrogens is 340 g/mol. The Morgan fingerprint density at radius 3 is 2.48 bits per heavy atom. The summed E-state index contributed by atoms with van der Waals surface area (Å²) >= 11 is 0. The number of hydrogen-bond donors (Lipinski definition) is 1. The van der Waals surface area contributed by atoms with Gasteiger partial charge in [0, 0.05) is 6.42 Å². The van der Waals surface area contributed by atoms with Crippen LogP contribution in [-0.4, -0.2) is 17.8 Å². The molecule has 2 heterocycles. The number of allylic oxidation sites excluding steroid dienone is 2. The Bertz CT molecular complexity index is 847. The highest BCUT2D eigenvalue weighted by molar-refractivity contribution is 5.89. The molecule has 6 heteroatoms. The van der Waals surface area contributed by atoms with Gasteiger partial charge in [-0.1, -0.05) is 25.0 Å². The van der Waals surface area contributed by atoms with Gasteiger partial charge >= 0.3 is 0 Å². The summed E-state index contributed by atoms with van der Waals surface area (Å²) in [6, 6.07) is 6.68. The van der Waals surface area contributed by atoms with Crippen LogP contribution in [0.4, 0.5) is 0 Å². The maximum absolute atomic E-state index is 10.3. The second-order valence-corrected chi connectivity index (χ2v) is 8.83. The maximum atomic E-state index is 10.3. The minimum absolute atomic E-state index is 0.0163. The van der Waals surface area contributed by atoms with Crippen LogP contribution in [-0.2, 0) is 9.47 Å². The van der Waals surface area contributed by atoms with Crippen LogP contribution in [0.3, 0.4) is 0 Å². The van der Waals surface area contributed by atoms with Crippen molar-refractivity contribution in [1.29, 1.82) is 21.2 Å². The third-order valence-electron chi connectivity index (χ3n) is 7.83. The number of ether oxygens (including phenoxy) is 2. The van der Waals surface area contributed by atoms with Gasteiger partial charge in [0.15, 0.2) is 10.8 Å². The maximum Gasteiger partial charge on any atom is 0.217 e. The lowest BCUT2D eigenvalue weighted by Gasteiger charge is -2.51. The lowest BCUT2D eigenvalue weighted by Crippen LogP contribution is -2.64. The van der Waals surface area contributed by atoms with Crippen molar-refractivity contribution in [3.63, 3.8) is 0 Å². The number of rotatable bonds is 1. The fourth-order valence-corrected chi connectivity index (χ4v) is 6.64. The van der Waals surface area contributed by atoms with E-state index in [1.807, 2.05) is 0 Å². The standard InChI is InChI=1S/C21H22N4O2/c22-10-19(11-23)17(15-9-13-5-6-14(15)8-13)26-21-7-3-1-2-4-16(21)20(19,12-24)18(25)27-21/h5-6,13-17,25H,1-4,7-9H2. The molecule has 7 unspecified atom stereocenters. The van der Waals surface area contributed by atoms with Crippen molar-refractivity contribution in [2.75, 3.05) is 0 Å². The molecule has 1 N–H and O–H groups in total. The zero-order valence-corrected chi connectivity index (χ0v) is 15.1. The minimum atomic E-state index is -1.71. The van der Waals surface area contributed by atoms with Crippen LogP contribution < -0.4 is 0 Å². The third kappa shape index (κ3) is 1.75. The molecule has 0 aromatic heterocycles. The number of nitrogens with one attached hydrogen (secondary N) is 1. The summed E-state index contributed by atoms with van der Waals surface area (Å²) in [5, 5.41) is 39.4. The average molecular weight is 362 g/mol. The van der Waals surface area contributed by atoms with Crippen LogP contribution >= 0.6 is 0 Å². The van der Waals surface area contributed by atoms with Crippen molar-refractivity contribution < 1.29 is 9.47 Å². The molecular formula is C21H22N4O2. The SMILES string of the molecule is N#CC1(C#N)C(C2CC3C=CC2C3)OC23CCCCCC2C1(C#N)C(=N)O3. The normalized spacial score (nSPS) is 48.6. The summed E-state index contributed by atoms with van der Waals surface area (Å²) in [6.07, 6.45) is 9.63. The van der Waals surface area contributed by atoms with E-state index in [0.717, 1.165) is 32.1 Å². The van der Waals surface area contributed by atoms with Crippen molar-refractivity contribution in [1.82, 2.24) is 0 Å². The first-order valence-electron chi connectivity index (χ1n) is 9.95. The van der Waals surface area contributed by atoms with Gasteiger partial charge in [-0.3, -0.25) is 5.41 Å². The van der Waals surface area contributed by atoms with Crippen LogP contribution in [0.2, 0.25) is 0 Å². The third-order valence-corrected chi connectivity index (χ3v) is 7.83. The molecule has 27 heavy (non-hydrogen) atoms. The number of nitriles is 3. The van der Waals surface area contributed by atoms with E-state index in [9.17, 15) is 15.8 Å². The van der Waals surface area contributed by atoms with Crippen LogP contribution in [0.1, 0.15) is 44.9 Å². The lowest BCUT2D eigenvalue weighted by molar-refractivity contribution is -0.294. The molecule has 7 atom stereocenters. The van der Waals surface area contributed by atoms with Crippen LogP contribution in [0, 0.1) is 73.9 Å². The van der Waals surface area contributed by atoms with Gasteiger partial charge in [0.2, 0.25) is 11.7 Å². The topological polar surface area (TPSA) is 114 Å². The van der Waals surface area contributed by atoms with Gasteiger partial charge < -0.3 is 9.47 Å².